The van der Waals surface area contributed by atoms with Crippen molar-refractivity contribution in [2.45, 2.75) is 26.6 Å². The molecule has 1 aromatic rings. The van der Waals surface area contributed by atoms with Gasteiger partial charge < -0.3 is 4.74 Å². The number of nitrogens with zero attached hydrogens (tertiary/aromatic N) is 1. The average Bonchev–Trinajstić information content (AvgIpc) is 2.96. The SMILES string of the molecule is CC1(C)C(/C=C(\Cl)C(F)(F)F)C1C(=O)OCc1cccc(F)n1. The Hall–Kier alpha value is -1.63. The van der Waals surface area contributed by atoms with E-state index in [1.165, 1.54) is 12.1 Å². The summed E-state index contributed by atoms with van der Waals surface area (Å²) in [6, 6.07) is 4.04. The summed E-state index contributed by atoms with van der Waals surface area (Å²) < 4.78 is 55.3. The molecule has 0 N–H and O–H groups in total. The fourth-order valence-corrected chi connectivity index (χ4v) is 2.59. The van der Waals surface area contributed by atoms with Crippen LogP contribution in [0.1, 0.15) is 19.5 Å². The van der Waals surface area contributed by atoms with Crippen molar-refractivity contribution >= 4 is 17.6 Å². The molecule has 8 heteroatoms. The van der Waals surface area contributed by atoms with Gasteiger partial charge in [-0.1, -0.05) is 37.6 Å². The van der Waals surface area contributed by atoms with Crippen molar-refractivity contribution in [3.63, 3.8) is 0 Å². The molecule has 0 bridgehead atoms. The largest absolute Gasteiger partial charge is 0.459 e. The highest BCUT2D eigenvalue weighted by atomic mass is 35.5. The predicted molar refractivity (Wildman–Crippen MR) is 74.7 cm³/mol. The number of carbonyl (C=O) groups excluding carboxylic acids is 1. The zero-order valence-electron chi connectivity index (χ0n) is 12.3. The third-order valence-corrected chi connectivity index (χ3v) is 4.24. The Balaban J connectivity index is 2.00. The molecule has 3 nitrogen and oxygen atoms in total. The molecule has 1 aliphatic carbocycles. The first-order chi connectivity index (χ1) is 10.5. The summed E-state index contributed by atoms with van der Waals surface area (Å²) in [7, 11) is 0. The Morgan fingerprint density at radius 2 is 2.09 bits per heavy atom. The lowest BCUT2D eigenvalue weighted by atomic mass is 10.1. The van der Waals surface area contributed by atoms with E-state index >= 15 is 0 Å². The predicted octanol–water partition coefficient (Wildman–Crippen LogP) is 4.22. The van der Waals surface area contributed by atoms with Crippen molar-refractivity contribution in [1.29, 1.82) is 0 Å². The van der Waals surface area contributed by atoms with E-state index in [2.05, 4.69) is 4.98 Å². The number of halogens is 5. The first kappa shape index (κ1) is 17.7. The molecule has 0 radical (unpaired) electrons. The molecule has 1 aromatic heterocycles. The Labute approximate surface area is 135 Å². The molecule has 0 saturated heterocycles. The summed E-state index contributed by atoms with van der Waals surface area (Å²) in [5.41, 5.74) is -0.463. The molecule has 2 unspecified atom stereocenters. The highest BCUT2D eigenvalue weighted by Gasteiger charge is 2.62. The van der Waals surface area contributed by atoms with Gasteiger partial charge in [-0.15, -0.1) is 0 Å². The van der Waals surface area contributed by atoms with Gasteiger partial charge >= 0.3 is 12.1 Å². The van der Waals surface area contributed by atoms with Gasteiger partial charge in [0.15, 0.2) is 0 Å². The first-order valence-electron chi connectivity index (χ1n) is 6.76. The summed E-state index contributed by atoms with van der Waals surface area (Å²) >= 11 is 5.21. The first-order valence-corrected chi connectivity index (χ1v) is 7.14. The van der Waals surface area contributed by atoms with Gasteiger partial charge in [0.25, 0.3) is 0 Å². The average molecular weight is 352 g/mol. The minimum absolute atomic E-state index is 0.220. The standard InChI is InChI=1S/C15H14ClF4NO2/c1-14(2)9(6-10(16)15(18,19)20)12(14)13(22)23-7-8-4-3-5-11(17)21-8/h3-6,9,12H,7H2,1-2H3/b10-6-. The number of aromatic nitrogens is 1. The third-order valence-electron chi connectivity index (χ3n) is 3.90. The van der Waals surface area contributed by atoms with Crippen molar-refractivity contribution in [3.05, 3.63) is 40.9 Å². The van der Waals surface area contributed by atoms with Gasteiger partial charge in [0.2, 0.25) is 5.95 Å². The molecular weight excluding hydrogens is 338 g/mol. The molecule has 1 fully saturated rings. The van der Waals surface area contributed by atoms with Crippen molar-refractivity contribution in [1.82, 2.24) is 4.98 Å². The van der Waals surface area contributed by atoms with Crippen LogP contribution in [0, 0.1) is 23.2 Å². The highest BCUT2D eigenvalue weighted by molar-refractivity contribution is 6.30. The molecule has 126 valence electrons. The van der Waals surface area contributed by atoms with E-state index in [9.17, 15) is 22.4 Å². The molecular formula is C15H14ClF4NO2. The van der Waals surface area contributed by atoms with Gasteiger partial charge in [0, 0.05) is 0 Å². The molecule has 1 saturated carbocycles. The Bertz CT molecular complexity index is 643. The quantitative estimate of drug-likeness (QED) is 0.463. The number of allylic oxidation sites excluding steroid dienone is 2. The molecule has 0 aliphatic heterocycles. The summed E-state index contributed by atoms with van der Waals surface area (Å²) in [4.78, 5) is 15.6. The summed E-state index contributed by atoms with van der Waals surface area (Å²) in [5.74, 6) is -2.76. The molecule has 1 aliphatic rings. The zero-order valence-corrected chi connectivity index (χ0v) is 13.1. The summed E-state index contributed by atoms with van der Waals surface area (Å²) in [6.45, 7) is 3.06. The van der Waals surface area contributed by atoms with E-state index in [1.54, 1.807) is 13.8 Å². The van der Waals surface area contributed by atoms with Crippen LogP contribution in [-0.4, -0.2) is 17.1 Å². The van der Waals surface area contributed by atoms with E-state index in [0.29, 0.717) is 0 Å². The lowest BCUT2D eigenvalue weighted by molar-refractivity contribution is -0.147. The van der Waals surface area contributed by atoms with Crippen LogP contribution in [-0.2, 0) is 16.1 Å². The second-order valence-electron chi connectivity index (χ2n) is 5.90. The van der Waals surface area contributed by atoms with Gasteiger partial charge in [0.05, 0.1) is 11.6 Å². The van der Waals surface area contributed by atoms with Crippen LogP contribution in [0.25, 0.3) is 0 Å². The minimum Gasteiger partial charge on any atom is -0.459 e. The Morgan fingerprint density at radius 1 is 1.43 bits per heavy atom. The summed E-state index contributed by atoms with van der Waals surface area (Å²) in [6.07, 6.45) is -3.80. The fourth-order valence-electron chi connectivity index (χ4n) is 2.46. The lowest BCUT2D eigenvalue weighted by Crippen LogP contribution is -2.11. The van der Waals surface area contributed by atoms with Gasteiger partial charge in [-0.3, -0.25) is 4.79 Å². The van der Waals surface area contributed by atoms with Crippen molar-refractivity contribution < 1.29 is 27.1 Å². The van der Waals surface area contributed by atoms with E-state index in [4.69, 9.17) is 16.3 Å². The molecule has 0 spiro atoms. The molecule has 23 heavy (non-hydrogen) atoms. The van der Waals surface area contributed by atoms with Crippen molar-refractivity contribution in [2.75, 3.05) is 0 Å². The normalized spacial score (nSPS) is 23.5. The summed E-state index contributed by atoms with van der Waals surface area (Å²) in [5, 5.41) is -1.25. The number of carbonyl (C=O) groups is 1. The minimum atomic E-state index is -4.64. The Kier molecular flexibility index (Phi) is 4.71. The molecule has 1 heterocycles. The molecule has 0 amide bonds. The van der Waals surface area contributed by atoms with Gasteiger partial charge in [0.1, 0.15) is 11.6 Å². The second-order valence-corrected chi connectivity index (χ2v) is 6.30. The van der Waals surface area contributed by atoms with E-state index in [0.717, 1.165) is 12.1 Å². The number of hydrogen-bond acceptors (Lipinski definition) is 3. The van der Waals surface area contributed by atoms with Gasteiger partial charge in [-0.2, -0.15) is 17.6 Å². The van der Waals surface area contributed by atoms with Crippen molar-refractivity contribution in [3.8, 4) is 0 Å². The molecule has 2 atom stereocenters. The van der Waals surface area contributed by atoms with Crippen LogP contribution < -0.4 is 0 Å². The number of esters is 1. The van der Waals surface area contributed by atoms with Crippen LogP contribution in [0.2, 0.25) is 0 Å². The number of rotatable bonds is 4. The zero-order chi connectivity index (χ0) is 17.4. The fraction of sp³-hybridized carbons (Fsp3) is 0.467. The number of pyridine rings is 1. The van der Waals surface area contributed by atoms with Crippen LogP contribution >= 0.6 is 11.6 Å². The second kappa shape index (κ2) is 6.11. The number of ether oxygens (including phenoxy) is 1. The van der Waals surface area contributed by atoms with Crippen molar-refractivity contribution in [2.24, 2.45) is 17.3 Å². The van der Waals surface area contributed by atoms with E-state index in [-0.39, 0.29) is 12.3 Å². The van der Waals surface area contributed by atoms with Crippen LogP contribution in [0.15, 0.2) is 29.3 Å². The molecule has 0 aromatic carbocycles. The van der Waals surface area contributed by atoms with Crippen LogP contribution in [0.3, 0.4) is 0 Å². The van der Waals surface area contributed by atoms with Gasteiger partial charge in [-0.25, -0.2) is 4.98 Å². The number of alkyl halides is 3. The van der Waals surface area contributed by atoms with E-state index in [1.807, 2.05) is 0 Å². The maximum atomic E-state index is 12.9. The van der Waals surface area contributed by atoms with Gasteiger partial charge in [-0.05, 0) is 23.5 Å². The number of hydrogen-bond donors (Lipinski definition) is 0. The van der Waals surface area contributed by atoms with Crippen LogP contribution in [0.5, 0.6) is 0 Å². The van der Waals surface area contributed by atoms with E-state index < -0.39 is 40.4 Å². The smallest absolute Gasteiger partial charge is 0.426 e. The monoisotopic (exact) mass is 351 g/mol. The van der Waals surface area contributed by atoms with Crippen LogP contribution in [0.4, 0.5) is 17.6 Å². The third kappa shape index (κ3) is 4.02. The topological polar surface area (TPSA) is 39.2 Å². The maximum Gasteiger partial charge on any atom is 0.426 e. The maximum absolute atomic E-state index is 12.9. The molecule has 2 rings (SSSR count). The lowest BCUT2D eigenvalue weighted by Gasteiger charge is -2.05. The Morgan fingerprint density at radius 3 is 2.65 bits per heavy atom. The highest BCUT2D eigenvalue weighted by Crippen LogP contribution is 2.60.